The van der Waals surface area contributed by atoms with Crippen LogP contribution in [0.2, 0.25) is 0 Å². The van der Waals surface area contributed by atoms with Crippen LogP contribution in [0.5, 0.6) is 0 Å². The molecule has 6 amide bonds. The summed E-state index contributed by atoms with van der Waals surface area (Å²) >= 11 is 1.47. The van der Waals surface area contributed by atoms with Crippen LogP contribution >= 0.6 is 11.8 Å². The summed E-state index contributed by atoms with van der Waals surface area (Å²) in [6.07, 6.45) is 1.17. The number of hydrogen-bond donors (Lipinski definition) is 8. The molecule has 2 aromatic carbocycles. The van der Waals surface area contributed by atoms with Gasteiger partial charge < -0.3 is 37.0 Å². The zero-order valence-corrected chi connectivity index (χ0v) is 33.4. The lowest BCUT2D eigenvalue weighted by Gasteiger charge is -2.32. The zero-order chi connectivity index (χ0) is 42.0. The number of carboxylic acid groups (broad SMARTS) is 1. The van der Waals surface area contributed by atoms with Crippen molar-refractivity contribution in [2.45, 2.75) is 76.2 Å². The van der Waals surface area contributed by atoms with Gasteiger partial charge in [0, 0.05) is 19.9 Å². The summed E-state index contributed by atoms with van der Waals surface area (Å²) in [5, 5.41) is 24.5. The molecule has 0 radical (unpaired) electrons. The third-order valence-electron chi connectivity index (χ3n) is 8.34. The van der Waals surface area contributed by atoms with E-state index >= 15 is 0 Å². The monoisotopic (exact) mass is 820 g/mol. The number of benzene rings is 2. The van der Waals surface area contributed by atoms with Crippen molar-refractivity contribution in [3.8, 4) is 0 Å². The summed E-state index contributed by atoms with van der Waals surface area (Å²) < 4.78 is 25.2. The van der Waals surface area contributed by atoms with Crippen molar-refractivity contribution in [1.29, 1.82) is 0 Å². The highest BCUT2D eigenvalue weighted by Crippen LogP contribution is 2.14. The summed E-state index contributed by atoms with van der Waals surface area (Å²) in [5.74, 6) is -5.80. The molecule has 2 rings (SSSR count). The van der Waals surface area contributed by atoms with E-state index in [2.05, 4.69) is 21.3 Å². The Morgan fingerprint density at radius 3 is 1.82 bits per heavy atom. The van der Waals surface area contributed by atoms with Crippen LogP contribution in [0.4, 0.5) is 0 Å². The smallest absolute Gasteiger partial charge is 0.305 e. The van der Waals surface area contributed by atoms with Crippen LogP contribution in [0.3, 0.4) is 0 Å². The molecule has 18 nitrogen and oxygen atoms in total. The molecule has 20 heteroatoms. The second-order valence-electron chi connectivity index (χ2n) is 13.4. The molecule has 0 aliphatic heterocycles. The number of rotatable bonds is 24. The maximum Gasteiger partial charge on any atom is 0.305 e. The molecular formula is C36H52N8O10S2. The van der Waals surface area contributed by atoms with E-state index in [1.807, 2.05) is 20.1 Å². The van der Waals surface area contributed by atoms with Crippen LogP contribution < -0.4 is 36.9 Å². The molecule has 2 aromatic rings. The Morgan fingerprint density at radius 2 is 1.32 bits per heavy atom. The van der Waals surface area contributed by atoms with Gasteiger partial charge in [-0.05, 0) is 41.9 Å². The Balaban J connectivity index is 2.36. The molecule has 0 saturated heterocycles. The quantitative estimate of drug-likeness (QED) is 0.0622. The largest absolute Gasteiger partial charge is 0.481 e. The van der Waals surface area contributed by atoms with Gasteiger partial charge in [0.15, 0.2) is 0 Å². The molecule has 10 N–H and O–H groups in total. The molecule has 0 bridgehead atoms. The van der Waals surface area contributed by atoms with Crippen molar-refractivity contribution in [3.63, 3.8) is 0 Å². The van der Waals surface area contributed by atoms with Crippen LogP contribution in [0.25, 0.3) is 0 Å². The van der Waals surface area contributed by atoms with E-state index in [1.54, 1.807) is 65.4 Å². The minimum Gasteiger partial charge on any atom is -0.481 e. The third kappa shape index (κ3) is 17.2. The maximum absolute atomic E-state index is 14.2. The van der Waals surface area contributed by atoms with Gasteiger partial charge in [0.1, 0.15) is 30.2 Å². The Bertz CT molecular complexity index is 1770. The molecule has 0 fully saturated rings. The van der Waals surface area contributed by atoms with E-state index < -0.39 is 94.8 Å². The van der Waals surface area contributed by atoms with E-state index in [9.17, 15) is 47.1 Å². The molecule has 5 atom stereocenters. The van der Waals surface area contributed by atoms with Crippen molar-refractivity contribution in [2.24, 2.45) is 16.8 Å². The minimum atomic E-state index is -4.55. The van der Waals surface area contributed by atoms with E-state index in [0.29, 0.717) is 23.3 Å². The van der Waals surface area contributed by atoms with Crippen LogP contribution in [0, 0.1) is 5.92 Å². The number of thioether (sulfide) groups is 1. The molecule has 308 valence electrons. The van der Waals surface area contributed by atoms with Gasteiger partial charge in [-0.15, -0.1) is 0 Å². The number of carbonyl (C=O) groups is 7. The molecule has 0 heterocycles. The topological polar surface area (TPSA) is 289 Å². The van der Waals surface area contributed by atoms with Gasteiger partial charge in [-0.1, -0.05) is 74.5 Å². The zero-order valence-electron chi connectivity index (χ0n) is 31.7. The summed E-state index contributed by atoms with van der Waals surface area (Å²) in [6.45, 7) is 3.08. The van der Waals surface area contributed by atoms with E-state index in [4.69, 9.17) is 10.9 Å². The molecule has 0 aromatic heterocycles. The number of nitrogens with one attached hydrogen (secondary N) is 5. The first-order valence-corrected chi connectivity index (χ1v) is 20.6. The van der Waals surface area contributed by atoms with Crippen LogP contribution in [-0.2, 0) is 56.6 Å². The first-order valence-electron chi connectivity index (χ1n) is 17.6. The Labute approximate surface area is 330 Å². The highest BCUT2D eigenvalue weighted by molar-refractivity contribution is 7.98. The van der Waals surface area contributed by atoms with Gasteiger partial charge in [-0.3, -0.25) is 33.6 Å². The van der Waals surface area contributed by atoms with Gasteiger partial charge in [-0.25, -0.2) is 5.14 Å². The average molecular weight is 821 g/mol. The number of nitrogens with zero attached hydrogens (tertiary/aromatic N) is 1. The van der Waals surface area contributed by atoms with Gasteiger partial charge in [-0.2, -0.15) is 24.9 Å². The lowest BCUT2D eigenvalue weighted by atomic mass is 10.0. The fraction of sp³-hybridized carbons (Fsp3) is 0.472. The van der Waals surface area contributed by atoms with Crippen molar-refractivity contribution in [3.05, 3.63) is 71.8 Å². The molecule has 0 unspecified atom stereocenters. The third-order valence-corrected chi connectivity index (χ3v) is 9.60. The number of likely N-dealkylation sites (N-methyl/N-ethyl adjacent to an activating group) is 1. The number of amides is 6. The number of hydrogen-bond acceptors (Lipinski definition) is 10. The predicted octanol–water partition coefficient (Wildman–Crippen LogP) is -1.21. The molecule has 0 aliphatic rings. The summed E-state index contributed by atoms with van der Waals surface area (Å²) in [7, 11) is -3.23. The van der Waals surface area contributed by atoms with Crippen LogP contribution in [0.15, 0.2) is 60.7 Å². The number of primary amides is 1. The Hall–Kier alpha value is -5.05. The molecule has 56 heavy (non-hydrogen) atoms. The lowest BCUT2D eigenvalue weighted by Crippen LogP contribution is -2.59. The van der Waals surface area contributed by atoms with Crippen LogP contribution in [-0.4, -0.2) is 116 Å². The highest BCUT2D eigenvalue weighted by Gasteiger charge is 2.35. The molecular weight excluding hydrogens is 769 g/mol. The number of aliphatic carboxylic acids is 1. The summed E-state index contributed by atoms with van der Waals surface area (Å²) in [6, 6.07) is 10.5. The fourth-order valence-corrected chi connectivity index (χ4v) is 6.61. The first-order chi connectivity index (χ1) is 26.3. The van der Waals surface area contributed by atoms with Gasteiger partial charge >= 0.3 is 5.97 Å². The standard InChI is InChI=1S/C36H52N8O10S2/c1-22(2)17-26(33(49)41-25(32(37)48)15-16-55-4)40-30(45)21-39-35(51)29(19-24-13-9-6-10-14-24)44(3)36(52)28(18-23-11-7-5-8-12-23)42-34(50)27(20-31(46)47)43-56(38,53)54/h5-14,22,25-29,43H,15-21H2,1-4H3,(H2,37,48)(H,39,51)(H,40,45)(H,41,49)(H,42,50)(H,46,47)(H2,38,53,54)/t25-,26-,27-,28-,29-/m0/s1. The summed E-state index contributed by atoms with van der Waals surface area (Å²) in [5.41, 5.74) is 6.68. The van der Waals surface area contributed by atoms with E-state index in [0.717, 1.165) is 4.90 Å². The fourth-order valence-electron chi connectivity index (χ4n) is 5.55. The lowest BCUT2D eigenvalue weighted by molar-refractivity contribution is -0.143. The second kappa shape index (κ2) is 23.1. The van der Waals surface area contributed by atoms with Gasteiger partial charge in [0.2, 0.25) is 35.4 Å². The van der Waals surface area contributed by atoms with E-state index in [-0.39, 0.29) is 25.2 Å². The molecule has 0 saturated carbocycles. The Kier molecular flexibility index (Phi) is 19.4. The average Bonchev–Trinajstić information content (AvgIpc) is 3.12. The Morgan fingerprint density at radius 1 is 0.786 bits per heavy atom. The van der Waals surface area contributed by atoms with Gasteiger partial charge in [0.05, 0.1) is 13.0 Å². The number of carboxylic acids is 1. The van der Waals surface area contributed by atoms with E-state index in [1.165, 1.54) is 18.8 Å². The number of nitrogens with two attached hydrogens (primary N) is 2. The van der Waals surface area contributed by atoms with Crippen molar-refractivity contribution in [1.82, 2.24) is 30.9 Å². The van der Waals surface area contributed by atoms with Crippen molar-refractivity contribution < 1.29 is 47.1 Å². The molecule has 0 spiro atoms. The number of carbonyl (C=O) groups excluding carboxylic acids is 6. The SMILES string of the molecule is CSCC[C@H](NC(=O)[C@H](CC(C)C)NC(=O)CNC(=O)[C@H](Cc1ccccc1)N(C)C(=O)[C@H](Cc1ccccc1)NC(=O)[C@H](CC(=O)O)NS(N)(=O)=O)C(N)=O. The second-order valence-corrected chi connectivity index (χ2v) is 15.7. The van der Waals surface area contributed by atoms with Gasteiger partial charge in [0.25, 0.3) is 10.2 Å². The highest BCUT2D eigenvalue weighted by atomic mass is 32.2. The normalized spacial score (nSPS) is 14.0. The first kappa shape index (κ1) is 47.1. The van der Waals surface area contributed by atoms with Crippen LogP contribution in [0.1, 0.15) is 44.2 Å². The van der Waals surface area contributed by atoms with Crippen molar-refractivity contribution >= 4 is 63.4 Å². The van der Waals surface area contributed by atoms with Crippen molar-refractivity contribution in [2.75, 3.05) is 25.6 Å². The minimum absolute atomic E-state index is 0.0416. The predicted molar refractivity (Wildman–Crippen MR) is 210 cm³/mol. The maximum atomic E-state index is 14.2. The molecule has 0 aliphatic carbocycles. The summed E-state index contributed by atoms with van der Waals surface area (Å²) in [4.78, 5) is 92.2.